The first-order valence-electron chi connectivity index (χ1n) is 8.22. The fourth-order valence-corrected chi connectivity index (χ4v) is 3.87. The van der Waals surface area contributed by atoms with Crippen molar-refractivity contribution >= 4 is 11.3 Å². The zero-order chi connectivity index (χ0) is 17.2. The van der Waals surface area contributed by atoms with Gasteiger partial charge in [0, 0.05) is 35.6 Å². The number of aromatic hydroxyl groups is 2. The molecule has 0 saturated carbocycles. The molecule has 0 unspecified atom stereocenters. The molecule has 4 rings (SSSR count). The van der Waals surface area contributed by atoms with Gasteiger partial charge >= 0.3 is 0 Å². The highest BCUT2D eigenvalue weighted by molar-refractivity contribution is 7.13. The first-order chi connectivity index (χ1) is 12.2. The van der Waals surface area contributed by atoms with Crippen molar-refractivity contribution in [1.29, 1.82) is 0 Å². The maximum atomic E-state index is 10.4. The van der Waals surface area contributed by atoms with Crippen LogP contribution >= 0.6 is 11.3 Å². The second-order valence-corrected chi connectivity index (χ2v) is 7.10. The molecule has 0 saturated heterocycles. The summed E-state index contributed by atoms with van der Waals surface area (Å²) in [6.45, 7) is 2.54. The summed E-state index contributed by atoms with van der Waals surface area (Å²) in [6, 6.07) is 15.3. The van der Waals surface area contributed by atoms with Gasteiger partial charge in [-0.05, 0) is 35.2 Å². The van der Waals surface area contributed by atoms with Crippen LogP contribution in [-0.4, -0.2) is 28.3 Å². The molecular formula is C20H19NO3S. The minimum atomic E-state index is 0.185. The van der Waals surface area contributed by atoms with Gasteiger partial charge < -0.3 is 14.9 Å². The summed E-state index contributed by atoms with van der Waals surface area (Å²) in [7, 11) is 0. The predicted molar refractivity (Wildman–Crippen MR) is 99.1 cm³/mol. The zero-order valence-corrected chi connectivity index (χ0v) is 14.5. The lowest BCUT2D eigenvalue weighted by Gasteiger charge is -2.20. The van der Waals surface area contributed by atoms with Crippen LogP contribution in [0.25, 0.3) is 10.4 Å². The van der Waals surface area contributed by atoms with Gasteiger partial charge in [0.25, 0.3) is 0 Å². The Morgan fingerprint density at radius 1 is 1.04 bits per heavy atom. The highest BCUT2D eigenvalue weighted by atomic mass is 32.1. The fourth-order valence-electron chi connectivity index (χ4n) is 3.16. The van der Waals surface area contributed by atoms with Crippen molar-refractivity contribution in [2.75, 3.05) is 13.2 Å². The van der Waals surface area contributed by atoms with Crippen LogP contribution in [0.3, 0.4) is 0 Å². The average Bonchev–Trinajstić information content (AvgIpc) is 3.05. The first-order valence-corrected chi connectivity index (χ1v) is 9.10. The molecule has 4 nitrogen and oxygen atoms in total. The Bertz CT molecular complexity index is 877. The third-order valence-corrected chi connectivity index (χ3v) is 5.30. The van der Waals surface area contributed by atoms with Crippen molar-refractivity contribution in [2.45, 2.75) is 13.1 Å². The van der Waals surface area contributed by atoms with E-state index in [1.54, 1.807) is 23.5 Å². The van der Waals surface area contributed by atoms with Crippen molar-refractivity contribution in [3.63, 3.8) is 0 Å². The van der Waals surface area contributed by atoms with Crippen molar-refractivity contribution in [1.82, 2.24) is 4.90 Å². The zero-order valence-electron chi connectivity index (χ0n) is 13.7. The van der Waals surface area contributed by atoms with Crippen molar-refractivity contribution in [3.8, 4) is 27.7 Å². The quantitative estimate of drug-likeness (QED) is 0.740. The molecule has 0 atom stereocenters. The second kappa shape index (κ2) is 6.78. The maximum Gasteiger partial charge on any atom is 0.165 e. The van der Waals surface area contributed by atoms with E-state index in [2.05, 4.69) is 11.0 Å². The molecule has 2 aromatic carbocycles. The van der Waals surface area contributed by atoms with E-state index in [-0.39, 0.29) is 5.75 Å². The molecule has 5 heteroatoms. The Morgan fingerprint density at radius 3 is 2.72 bits per heavy atom. The molecule has 1 aliphatic heterocycles. The number of ether oxygens (including phenoxy) is 1. The number of hydrogen-bond acceptors (Lipinski definition) is 5. The number of fused-ring (bicyclic) bond motifs is 1. The smallest absolute Gasteiger partial charge is 0.165 e. The predicted octanol–water partition coefficient (Wildman–Crippen LogP) is 4.22. The van der Waals surface area contributed by atoms with Gasteiger partial charge in [-0.15, -0.1) is 11.3 Å². The lowest BCUT2D eigenvalue weighted by molar-refractivity contribution is 0.215. The minimum Gasteiger partial charge on any atom is -0.508 e. The standard InChI is InChI=1S/C20H19NO3S/c22-17-5-2-1-4-14(17)12-21-7-8-24-20-16(13-21)10-15(11-18(20)23)19-6-3-9-25-19/h1-6,9-11,22-23H,7-8,12-13H2. The third kappa shape index (κ3) is 3.34. The monoisotopic (exact) mass is 353 g/mol. The topological polar surface area (TPSA) is 52.9 Å². The molecule has 0 amide bonds. The van der Waals surface area contributed by atoms with E-state index >= 15 is 0 Å². The molecule has 0 radical (unpaired) electrons. The molecule has 3 aromatic rings. The Morgan fingerprint density at radius 2 is 1.92 bits per heavy atom. The van der Waals surface area contributed by atoms with E-state index in [1.165, 1.54) is 0 Å². The van der Waals surface area contributed by atoms with Crippen LogP contribution in [0.4, 0.5) is 0 Å². The second-order valence-electron chi connectivity index (χ2n) is 6.15. The normalized spacial score (nSPS) is 14.6. The molecule has 1 aliphatic rings. The Hall–Kier alpha value is -2.50. The summed E-state index contributed by atoms with van der Waals surface area (Å²) in [5.41, 5.74) is 2.86. The lowest BCUT2D eigenvalue weighted by atomic mass is 10.1. The number of benzene rings is 2. The number of rotatable bonds is 3. The molecule has 2 N–H and O–H groups in total. The van der Waals surface area contributed by atoms with Gasteiger partial charge in [-0.2, -0.15) is 0 Å². The Labute approximate surface area is 150 Å². The molecule has 0 spiro atoms. The Kier molecular flexibility index (Phi) is 4.34. The largest absolute Gasteiger partial charge is 0.508 e. The number of hydrogen-bond donors (Lipinski definition) is 2. The summed E-state index contributed by atoms with van der Waals surface area (Å²) in [4.78, 5) is 3.34. The van der Waals surface area contributed by atoms with E-state index in [4.69, 9.17) is 4.74 Å². The van der Waals surface area contributed by atoms with Crippen molar-refractivity contribution in [2.24, 2.45) is 0 Å². The van der Waals surface area contributed by atoms with Gasteiger partial charge in [0.05, 0.1) is 0 Å². The molecule has 128 valence electrons. The summed E-state index contributed by atoms with van der Waals surface area (Å²) >= 11 is 1.65. The fraction of sp³-hybridized carbons (Fsp3) is 0.200. The average molecular weight is 353 g/mol. The number of thiophene rings is 1. The number of nitrogens with zero attached hydrogens (tertiary/aromatic N) is 1. The van der Waals surface area contributed by atoms with E-state index in [0.717, 1.165) is 28.1 Å². The number of phenolic OH excluding ortho intramolecular Hbond substituents is 2. The SMILES string of the molecule is Oc1ccccc1CN1CCOc2c(O)cc(-c3cccs3)cc2C1. The minimum absolute atomic E-state index is 0.185. The van der Waals surface area contributed by atoms with Crippen LogP contribution in [0, 0.1) is 0 Å². The van der Waals surface area contributed by atoms with Gasteiger partial charge in [0.1, 0.15) is 12.4 Å². The highest BCUT2D eigenvalue weighted by Crippen LogP contribution is 2.39. The Balaban J connectivity index is 1.64. The van der Waals surface area contributed by atoms with Gasteiger partial charge in [0.2, 0.25) is 0 Å². The van der Waals surface area contributed by atoms with Crippen LogP contribution in [0.5, 0.6) is 17.2 Å². The van der Waals surface area contributed by atoms with Gasteiger partial charge in [-0.25, -0.2) is 0 Å². The molecule has 0 fully saturated rings. The van der Waals surface area contributed by atoms with Gasteiger partial charge in [-0.1, -0.05) is 24.3 Å². The molecule has 0 bridgehead atoms. The molecule has 0 aliphatic carbocycles. The van der Waals surface area contributed by atoms with Crippen LogP contribution in [0.1, 0.15) is 11.1 Å². The lowest BCUT2D eigenvalue weighted by Crippen LogP contribution is -2.25. The molecule has 25 heavy (non-hydrogen) atoms. The summed E-state index contributed by atoms with van der Waals surface area (Å²) in [5.74, 6) is 1.06. The summed E-state index contributed by atoms with van der Waals surface area (Å²) in [5, 5.41) is 22.5. The van der Waals surface area contributed by atoms with Crippen LogP contribution in [0.2, 0.25) is 0 Å². The first kappa shape index (κ1) is 16.0. The maximum absolute atomic E-state index is 10.4. The van der Waals surface area contributed by atoms with E-state index in [9.17, 15) is 10.2 Å². The summed E-state index contributed by atoms with van der Waals surface area (Å²) < 4.78 is 5.80. The number of para-hydroxylation sites is 1. The molecule has 1 aromatic heterocycles. The van der Waals surface area contributed by atoms with E-state index in [1.807, 2.05) is 35.7 Å². The van der Waals surface area contributed by atoms with Crippen LogP contribution in [-0.2, 0) is 13.1 Å². The van der Waals surface area contributed by atoms with Crippen LogP contribution in [0.15, 0.2) is 53.9 Å². The van der Waals surface area contributed by atoms with Crippen LogP contribution < -0.4 is 4.74 Å². The van der Waals surface area contributed by atoms with Crippen molar-refractivity contribution in [3.05, 3.63) is 65.0 Å². The van der Waals surface area contributed by atoms with E-state index < -0.39 is 0 Å². The number of phenols is 2. The summed E-state index contributed by atoms with van der Waals surface area (Å²) in [6.07, 6.45) is 0. The van der Waals surface area contributed by atoms with E-state index in [0.29, 0.717) is 31.2 Å². The molecular weight excluding hydrogens is 334 g/mol. The third-order valence-electron chi connectivity index (χ3n) is 4.39. The highest BCUT2D eigenvalue weighted by Gasteiger charge is 2.20. The molecule has 2 heterocycles. The van der Waals surface area contributed by atoms with Crippen molar-refractivity contribution < 1.29 is 14.9 Å². The van der Waals surface area contributed by atoms with Gasteiger partial charge in [0.15, 0.2) is 11.5 Å². The van der Waals surface area contributed by atoms with Gasteiger partial charge in [-0.3, -0.25) is 4.90 Å².